The first-order valence-electron chi connectivity index (χ1n) is 5.37. The minimum atomic E-state index is -0.520. The fourth-order valence-corrected chi connectivity index (χ4v) is 2.08. The summed E-state index contributed by atoms with van der Waals surface area (Å²) in [7, 11) is 0. The van der Waals surface area contributed by atoms with Gasteiger partial charge in [0.25, 0.3) is 0 Å². The van der Waals surface area contributed by atoms with Crippen molar-refractivity contribution in [2.45, 2.75) is 13.8 Å². The number of benzene rings is 1. The van der Waals surface area contributed by atoms with Crippen LogP contribution in [0.4, 0.5) is 0 Å². The lowest BCUT2D eigenvalue weighted by Gasteiger charge is -2.01. The van der Waals surface area contributed by atoms with Gasteiger partial charge in [-0.1, -0.05) is 0 Å². The summed E-state index contributed by atoms with van der Waals surface area (Å²) in [5.41, 5.74) is 0.362. The highest BCUT2D eigenvalue weighted by Crippen LogP contribution is 2.40. The van der Waals surface area contributed by atoms with Gasteiger partial charge in [0.2, 0.25) is 5.75 Å². The molecule has 0 unspecified atom stereocenters. The molecule has 0 amide bonds. The zero-order valence-electron chi connectivity index (χ0n) is 9.77. The molecule has 0 atom stereocenters. The smallest absolute Gasteiger partial charge is 0.347 e. The predicted octanol–water partition coefficient (Wildman–Crippen LogP) is 2.57. The zero-order chi connectivity index (χ0) is 13.0. The van der Waals surface area contributed by atoms with Crippen LogP contribution in [0.5, 0.6) is 11.5 Å². The SMILES string of the molecule is Cc1cc2oc3c(O)c(O)c(C)cc3c2c(=O)o1. The fourth-order valence-electron chi connectivity index (χ4n) is 2.08. The standard InChI is InChI=1S/C13H10O5/c1-5-3-7-9-8(4-6(2)17-13(9)16)18-12(7)11(15)10(5)14/h3-4,14-15H,1-2H3. The van der Waals surface area contributed by atoms with Gasteiger partial charge in [0, 0.05) is 11.5 Å². The van der Waals surface area contributed by atoms with Gasteiger partial charge < -0.3 is 19.0 Å². The van der Waals surface area contributed by atoms with E-state index < -0.39 is 5.63 Å². The average molecular weight is 246 g/mol. The fraction of sp³-hybridized carbons (Fsp3) is 0.154. The van der Waals surface area contributed by atoms with Crippen molar-refractivity contribution in [3.8, 4) is 11.5 Å². The van der Waals surface area contributed by atoms with Crippen LogP contribution in [-0.2, 0) is 0 Å². The molecule has 0 aliphatic heterocycles. The molecule has 18 heavy (non-hydrogen) atoms. The van der Waals surface area contributed by atoms with Gasteiger partial charge in [0.1, 0.15) is 16.7 Å². The van der Waals surface area contributed by atoms with Crippen LogP contribution in [0, 0.1) is 13.8 Å². The quantitative estimate of drug-likeness (QED) is 0.595. The largest absolute Gasteiger partial charge is 0.504 e. The second-order valence-corrected chi connectivity index (χ2v) is 4.25. The summed E-state index contributed by atoms with van der Waals surface area (Å²) in [6.45, 7) is 3.26. The molecule has 1 aromatic carbocycles. The molecule has 3 rings (SSSR count). The van der Waals surface area contributed by atoms with Gasteiger partial charge in [-0.15, -0.1) is 0 Å². The molecule has 2 N–H and O–H groups in total. The third-order valence-electron chi connectivity index (χ3n) is 2.94. The lowest BCUT2D eigenvalue weighted by atomic mass is 10.1. The van der Waals surface area contributed by atoms with Gasteiger partial charge in [-0.05, 0) is 25.5 Å². The second-order valence-electron chi connectivity index (χ2n) is 4.25. The summed E-state index contributed by atoms with van der Waals surface area (Å²) >= 11 is 0. The maximum atomic E-state index is 11.8. The summed E-state index contributed by atoms with van der Waals surface area (Å²) in [5, 5.41) is 20.2. The molecule has 92 valence electrons. The predicted molar refractivity (Wildman–Crippen MR) is 65.1 cm³/mol. The Morgan fingerprint density at radius 3 is 2.50 bits per heavy atom. The van der Waals surface area contributed by atoms with Crippen molar-refractivity contribution in [2.75, 3.05) is 0 Å². The number of phenols is 2. The number of fused-ring (bicyclic) bond motifs is 3. The van der Waals surface area contributed by atoms with Gasteiger partial charge in [0.15, 0.2) is 11.3 Å². The van der Waals surface area contributed by atoms with E-state index in [0.29, 0.717) is 22.3 Å². The lowest BCUT2D eigenvalue weighted by molar-refractivity contribution is 0.399. The van der Waals surface area contributed by atoms with Gasteiger partial charge in [-0.25, -0.2) is 4.79 Å². The number of furan rings is 1. The van der Waals surface area contributed by atoms with Crippen LogP contribution in [0.1, 0.15) is 11.3 Å². The number of phenolic OH excluding ortho intramolecular Hbond substituents is 2. The zero-order valence-corrected chi connectivity index (χ0v) is 9.77. The van der Waals surface area contributed by atoms with Crippen LogP contribution in [0.15, 0.2) is 25.8 Å². The van der Waals surface area contributed by atoms with E-state index in [4.69, 9.17) is 8.83 Å². The Kier molecular flexibility index (Phi) is 1.96. The van der Waals surface area contributed by atoms with Crippen LogP contribution < -0.4 is 5.63 Å². The van der Waals surface area contributed by atoms with Crippen LogP contribution in [0.25, 0.3) is 21.9 Å². The number of aromatic hydroxyl groups is 2. The van der Waals surface area contributed by atoms with Crippen molar-refractivity contribution in [1.82, 2.24) is 0 Å². The molecular formula is C13H10O5. The van der Waals surface area contributed by atoms with Gasteiger partial charge in [0.05, 0.1) is 0 Å². The minimum absolute atomic E-state index is 0.0889. The number of rotatable bonds is 0. The Balaban J connectivity index is 2.65. The van der Waals surface area contributed by atoms with Crippen LogP contribution in [0.2, 0.25) is 0 Å². The molecule has 2 aromatic heterocycles. The molecule has 0 fully saturated rings. The molecule has 3 aromatic rings. The number of aryl methyl sites for hydroxylation is 2. The molecule has 5 heteroatoms. The molecule has 0 aliphatic carbocycles. The van der Waals surface area contributed by atoms with Crippen LogP contribution >= 0.6 is 0 Å². The van der Waals surface area contributed by atoms with E-state index in [1.54, 1.807) is 26.0 Å². The molecule has 0 bridgehead atoms. The monoisotopic (exact) mass is 246 g/mol. The van der Waals surface area contributed by atoms with Crippen molar-refractivity contribution in [3.05, 3.63) is 33.9 Å². The topological polar surface area (TPSA) is 83.8 Å². The maximum Gasteiger partial charge on any atom is 0.347 e. The van der Waals surface area contributed by atoms with E-state index in [-0.39, 0.29) is 22.5 Å². The van der Waals surface area contributed by atoms with Crippen molar-refractivity contribution in [1.29, 1.82) is 0 Å². The minimum Gasteiger partial charge on any atom is -0.504 e. The van der Waals surface area contributed by atoms with Crippen LogP contribution in [0.3, 0.4) is 0 Å². The summed E-state index contributed by atoms with van der Waals surface area (Å²) in [6.07, 6.45) is 0. The molecular weight excluding hydrogens is 236 g/mol. The Labute approximate surface area is 101 Å². The van der Waals surface area contributed by atoms with E-state index >= 15 is 0 Å². The summed E-state index contributed by atoms with van der Waals surface area (Å²) in [6, 6.07) is 3.16. The first-order valence-corrected chi connectivity index (χ1v) is 5.37. The first kappa shape index (κ1) is 10.7. The van der Waals surface area contributed by atoms with E-state index in [1.807, 2.05) is 0 Å². The highest BCUT2D eigenvalue weighted by molar-refractivity contribution is 6.07. The Morgan fingerprint density at radius 2 is 1.78 bits per heavy atom. The van der Waals surface area contributed by atoms with Crippen LogP contribution in [-0.4, -0.2) is 10.2 Å². The molecule has 0 saturated carbocycles. The second kappa shape index (κ2) is 3.29. The molecule has 5 nitrogen and oxygen atoms in total. The third kappa shape index (κ3) is 1.24. The molecule has 0 spiro atoms. The number of hydrogen-bond donors (Lipinski definition) is 2. The van der Waals surface area contributed by atoms with E-state index in [1.165, 1.54) is 0 Å². The first-order chi connectivity index (χ1) is 8.49. The lowest BCUT2D eigenvalue weighted by Crippen LogP contribution is -1.98. The Hall–Kier alpha value is -2.43. The molecule has 0 aliphatic rings. The normalized spacial score (nSPS) is 11.4. The average Bonchev–Trinajstić information content (AvgIpc) is 2.64. The van der Waals surface area contributed by atoms with Crippen molar-refractivity contribution >= 4 is 21.9 Å². The van der Waals surface area contributed by atoms with E-state index in [0.717, 1.165) is 0 Å². The maximum absolute atomic E-state index is 11.8. The Bertz CT molecular complexity index is 838. The number of hydrogen-bond acceptors (Lipinski definition) is 5. The van der Waals surface area contributed by atoms with E-state index in [2.05, 4.69) is 0 Å². The Morgan fingerprint density at radius 1 is 1.06 bits per heavy atom. The van der Waals surface area contributed by atoms with Crippen molar-refractivity contribution in [3.63, 3.8) is 0 Å². The molecule has 0 saturated heterocycles. The highest BCUT2D eigenvalue weighted by atomic mass is 16.4. The van der Waals surface area contributed by atoms with Gasteiger partial charge in [-0.3, -0.25) is 0 Å². The van der Waals surface area contributed by atoms with Gasteiger partial charge >= 0.3 is 5.63 Å². The summed E-state index contributed by atoms with van der Waals surface area (Å²) in [4.78, 5) is 11.8. The highest BCUT2D eigenvalue weighted by Gasteiger charge is 2.19. The van der Waals surface area contributed by atoms with Gasteiger partial charge in [-0.2, -0.15) is 0 Å². The van der Waals surface area contributed by atoms with Crippen molar-refractivity contribution < 1.29 is 19.0 Å². The molecule has 0 radical (unpaired) electrons. The summed E-state index contributed by atoms with van der Waals surface area (Å²) in [5.74, 6) is -0.187. The molecule has 2 heterocycles. The van der Waals surface area contributed by atoms with Crippen molar-refractivity contribution in [2.24, 2.45) is 0 Å². The third-order valence-corrected chi connectivity index (χ3v) is 2.94. The summed E-state index contributed by atoms with van der Waals surface area (Å²) < 4.78 is 10.4. The van der Waals surface area contributed by atoms with E-state index in [9.17, 15) is 15.0 Å².